The summed E-state index contributed by atoms with van der Waals surface area (Å²) < 4.78 is 3.44. The van der Waals surface area contributed by atoms with Gasteiger partial charge in [0.05, 0.1) is 24.0 Å². The first-order valence-corrected chi connectivity index (χ1v) is 8.67. The molecule has 2 aromatic heterocycles. The largest absolute Gasteiger partial charge is 0.382 e. The molecular weight excluding hydrogens is 320 g/mol. The van der Waals surface area contributed by atoms with Crippen molar-refractivity contribution in [1.29, 1.82) is 0 Å². The van der Waals surface area contributed by atoms with Crippen LogP contribution >= 0.6 is 0 Å². The Morgan fingerprint density at radius 1 is 1.36 bits per heavy atom. The van der Waals surface area contributed by atoms with Crippen molar-refractivity contribution in [3.8, 4) is 0 Å². The molecule has 1 atom stereocenters. The van der Waals surface area contributed by atoms with E-state index in [0.717, 1.165) is 12.1 Å². The highest BCUT2D eigenvalue weighted by atomic mass is 16.3. The minimum absolute atomic E-state index is 0.0857. The van der Waals surface area contributed by atoms with Crippen LogP contribution in [0.1, 0.15) is 60.2 Å². The van der Waals surface area contributed by atoms with E-state index in [-0.39, 0.29) is 18.5 Å². The van der Waals surface area contributed by atoms with E-state index in [1.807, 2.05) is 34.7 Å². The molecule has 1 amide bonds. The molecular formula is C17H26N6O2. The molecule has 3 rings (SSSR count). The fourth-order valence-corrected chi connectivity index (χ4v) is 3.40. The molecule has 25 heavy (non-hydrogen) atoms. The Balaban J connectivity index is 1.86. The van der Waals surface area contributed by atoms with E-state index in [4.69, 9.17) is 0 Å². The Kier molecular flexibility index (Phi) is 4.40. The number of carbonyl (C=O) groups is 1. The first-order chi connectivity index (χ1) is 11.7. The van der Waals surface area contributed by atoms with Crippen molar-refractivity contribution in [3.05, 3.63) is 28.8 Å². The number of β-amino-alcohol motifs (C(OH)–C–C–N with tert-alkyl or cyclic N) is 1. The molecule has 2 aromatic rings. The van der Waals surface area contributed by atoms with Crippen LogP contribution in [-0.4, -0.2) is 53.8 Å². The van der Waals surface area contributed by atoms with Gasteiger partial charge in [0, 0.05) is 25.3 Å². The summed E-state index contributed by atoms with van der Waals surface area (Å²) in [7, 11) is 1.83. The molecule has 1 N–H and O–H groups in total. The maximum absolute atomic E-state index is 13.0. The Labute approximate surface area is 147 Å². The molecule has 8 nitrogen and oxygen atoms in total. The van der Waals surface area contributed by atoms with Gasteiger partial charge in [-0.05, 0) is 40.5 Å². The molecule has 0 spiro atoms. The smallest absolute Gasteiger partial charge is 0.257 e. The number of aryl methyl sites for hydroxylation is 2. The van der Waals surface area contributed by atoms with E-state index < -0.39 is 5.60 Å². The van der Waals surface area contributed by atoms with Crippen LogP contribution in [0.4, 0.5) is 0 Å². The van der Waals surface area contributed by atoms with Gasteiger partial charge in [0.2, 0.25) is 0 Å². The minimum atomic E-state index is -1.16. The highest BCUT2D eigenvalue weighted by Crippen LogP contribution is 2.31. The highest BCUT2D eigenvalue weighted by Gasteiger charge is 2.40. The van der Waals surface area contributed by atoms with E-state index >= 15 is 0 Å². The minimum Gasteiger partial charge on any atom is -0.382 e. The van der Waals surface area contributed by atoms with Gasteiger partial charge in [-0.2, -0.15) is 5.10 Å². The maximum atomic E-state index is 13.0. The van der Waals surface area contributed by atoms with Crippen LogP contribution in [0.25, 0.3) is 0 Å². The standard InChI is InChI=1S/C17H26N6O2/c1-11(2)23-9-14(18-20-23)17(25)7-6-8-22(10-17)16(24)15-12(3)19-21(5)13(15)4/h9,11,25H,6-8,10H2,1-5H3. The van der Waals surface area contributed by atoms with Crippen LogP contribution in [0.3, 0.4) is 0 Å². The summed E-state index contributed by atoms with van der Waals surface area (Å²) in [6.07, 6.45) is 3.06. The number of piperidine rings is 1. The van der Waals surface area contributed by atoms with Gasteiger partial charge in [-0.25, -0.2) is 4.68 Å². The summed E-state index contributed by atoms with van der Waals surface area (Å²) in [6.45, 7) is 8.58. The number of amides is 1. The number of carbonyl (C=O) groups excluding carboxylic acids is 1. The molecule has 0 radical (unpaired) electrons. The van der Waals surface area contributed by atoms with Crippen LogP contribution in [0, 0.1) is 13.8 Å². The number of aromatic nitrogens is 5. The van der Waals surface area contributed by atoms with E-state index in [1.54, 1.807) is 20.5 Å². The lowest BCUT2D eigenvalue weighted by atomic mass is 9.89. The SMILES string of the molecule is Cc1nn(C)c(C)c1C(=O)N1CCCC(O)(c2cn(C(C)C)nn2)C1. The van der Waals surface area contributed by atoms with Crippen LogP contribution in [0.5, 0.6) is 0 Å². The second-order valence-corrected chi connectivity index (χ2v) is 7.21. The summed E-state index contributed by atoms with van der Waals surface area (Å²) in [4.78, 5) is 14.7. The number of nitrogens with zero attached hydrogens (tertiary/aromatic N) is 6. The van der Waals surface area contributed by atoms with E-state index in [9.17, 15) is 9.90 Å². The van der Waals surface area contributed by atoms with E-state index in [2.05, 4.69) is 15.4 Å². The summed E-state index contributed by atoms with van der Waals surface area (Å²) in [5.74, 6) is -0.0857. The number of hydrogen-bond acceptors (Lipinski definition) is 5. The van der Waals surface area contributed by atoms with Crippen LogP contribution in [0.2, 0.25) is 0 Å². The molecule has 1 aliphatic rings. The molecule has 0 bridgehead atoms. The van der Waals surface area contributed by atoms with E-state index in [0.29, 0.717) is 29.9 Å². The van der Waals surface area contributed by atoms with Crippen molar-refractivity contribution in [3.63, 3.8) is 0 Å². The molecule has 0 aliphatic carbocycles. The molecule has 1 saturated heterocycles. The lowest BCUT2D eigenvalue weighted by molar-refractivity contribution is -0.0321. The quantitative estimate of drug-likeness (QED) is 0.906. The van der Waals surface area contributed by atoms with E-state index in [1.165, 1.54) is 0 Å². The topological polar surface area (TPSA) is 89.1 Å². The Morgan fingerprint density at radius 3 is 2.64 bits per heavy atom. The first kappa shape index (κ1) is 17.6. The molecule has 136 valence electrons. The molecule has 8 heteroatoms. The Morgan fingerprint density at radius 2 is 2.08 bits per heavy atom. The van der Waals surface area contributed by atoms with Crippen molar-refractivity contribution < 1.29 is 9.90 Å². The van der Waals surface area contributed by atoms with Crippen LogP contribution in [-0.2, 0) is 12.6 Å². The molecule has 1 unspecified atom stereocenters. The highest BCUT2D eigenvalue weighted by molar-refractivity contribution is 5.96. The molecule has 0 aromatic carbocycles. The third-order valence-corrected chi connectivity index (χ3v) is 5.00. The summed E-state index contributed by atoms with van der Waals surface area (Å²) >= 11 is 0. The second kappa shape index (κ2) is 6.25. The monoisotopic (exact) mass is 346 g/mol. The third kappa shape index (κ3) is 3.06. The lowest BCUT2D eigenvalue weighted by Gasteiger charge is -2.38. The van der Waals surface area contributed by atoms with Gasteiger partial charge in [0.1, 0.15) is 11.3 Å². The van der Waals surface area contributed by atoms with Crippen molar-refractivity contribution in [2.75, 3.05) is 13.1 Å². The second-order valence-electron chi connectivity index (χ2n) is 7.21. The Hall–Kier alpha value is -2.22. The van der Waals surface area contributed by atoms with Gasteiger partial charge in [-0.15, -0.1) is 5.10 Å². The predicted molar refractivity (Wildman–Crippen MR) is 92.1 cm³/mol. The number of hydrogen-bond donors (Lipinski definition) is 1. The average molecular weight is 346 g/mol. The molecule has 1 fully saturated rings. The van der Waals surface area contributed by atoms with Crippen molar-refractivity contribution >= 4 is 5.91 Å². The van der Waals surface area contributed by atoms with Gasteiger partial charge in [-0.1, -0.05) is 5.21 Å². The summed E-state index contributed by atoms with van der Waals surface area (Å²) in [5, 5.41) is 23.7. The third-order valence-electron chi connectivity index (χ3n) is 5.00. The van der Waals surface area contributed by atoms with Gasteiger partial charge in [0.25, 0.3) is 5.91 Å². The number of rotatable bonds is 3. The van der Waals surface area contributed by atoms with Crippen molar-refractivity contribution in [2.45, 2.75) is 52.2 Å². The molecule has 1 aliphatic heterocycles. The van der Waals surface area contributed by atoms with Crippen molar-refractivity contribution in [2.24, 2.45) is 7.05 Å². The Bertz CT molecular complexity index is 793. The fourth-order valence-electron chi connectivity index (χ4n) is 3.40. The predicted octanol–water partition coefficient (Wildman–Crippen LogP) is 1.33. The van der Waals surface area contributed by atoms with Crippen LogP contribution < -0.4 is 0 Å². The molecule has 3 heterocycles. The fraction of sp³-hybridized carbons (Fsp3) is 0.647. The lowest BCUT2D eigenvalue weighted by Crippen LogP contribution is -2.49. The average Bonchev–Trinajstić information content (AvgIpc) is 3.14. The van der Waals surface area contributed by atoms with Gasteiger partial charge in [-0.3, -0.25) is 9.48 Å². The van der Waals surface area contributed by atoms with Gasteiger partial charge >= 0.3 is 0 Å². The maximum Gasteiger partial charge on any atom is 0.257 e. The summed E-state index contributed by atoms with van der Waals surface area (Å²) in [6, 6.07) is 0.173. The zero-order valence-corrected chi connectivity index (χ0v) is 15.5. The number of likely N-dealkylation sites (tertiary alicyclic amines) is 1. The van der Waals surface area contributed by atoms with Crippen molar-refractivity contribution in [1.82, 2.24) is 29.7 Å². The number of aliphatic hydroxyl groups is 1. The van der Waals surface area contributed by atoms with Gasteiger partial charge in [0.15, 0.2) is 0 Å². The van der Waals surface area contributed by atoms with Crippen LogP contribution in [0.15, 0.2) is 6.20 Å². The van der Waals surface area contributed by atoms with Gasteiger partial charge < -0.3 is 10.0 Å². The normalized spacial score (nSPS) is 21.2. The molecule has 0 saturated carbocycles. The zero-order valence-electron chi connectivity index (χ0n) is 15.5. The summed E-state index contributed by atoms with van der Waals surface area (Å²) in [5.41, 5.74) is 1.54. The first-order valence-electron chi connectivity index (χ1n) is 8.67. The zero-order chi connectivity index (χ0) is 18.4.